The molecule has 0 radical (unpaired) electrons. The third-order valence-electron chi connectivity index (χ3n) is 3.65. The Balaban J connectivity index is 1.97. The van der Waals surface area contributed by atoms with Crippen LogP contribution in [0.25, 0.3) is 10.9 Å². The summed E-state index contributed by atoms with van der Waals surface area (Å²) in [6.07, 6.45) is 0. The number of halogens is 2. The Hall–Kier alpha value is -1.92. The lowest BCUT2D eigenvalue weighted by molar-refractivity contribution is 0.107. The molecule has 4 nitrogen and oxygen atoms in total. The Morgan fingerprint density at radius 1 is 1.14 bits per heavy atom. The third-order valence-corrected chi connectivity index (χ3v) is 4.80. The number of rotatable bonds is 1. The number of ketones is 1. The highest BCUT2D eigenvalue weighted by Crippen LogP contribution is 2.37. The molecule has 22 heavy (non-hydrogen) atoms. The lowest BCUT2D eigenvalue weighted by atomic mass is 10.0. The van der Waals surface area contributed by atoms with Crippen molar-refractivity contribution in [2.75, 3.05) is 0 Å². The molecule has 1 aromatic heterocycles. The van der Waals surface area contributed by atoms with Crippen molar-refractivity contribution in [3.8, 4) is 5.88 Å². The van der Waals surface area contributed by atoms with Crippen LogP contribution in [0.15, 0.2) is 50.3 Å². The first-order chi connectivity index (χ1) is 10.6. The van der Waals surface area contributed by atoms with Gasteiger partial charge in [0.1, 0.15) is 5.71 Å². The largest absolute Gasteiger partial charge is 0.494 e. The van der Waals surface area contributed by atoms with E-state index in [4.69, 9.17) is 0 Å². The zero-order chi connectivity index (χ0) is 15.4. The second kappa shape index (κ2) is 4.79. The predicted molar refractivity (Wildman–Crippen MR) is 92.3 cm³/mol. The molecule has 0 unspecified atom stereocenters. The second-order valence-corrected chi connectivity index (χ2v) is 6.73. The lowest BCUT2D eigenvalue weighted by Gasteiger charge is -1.99. The number of H-pyrrole nitrogens is 1. The van der Waals surface area contributed by atoms with Crippen LogP contribution < -0.4 is 0 Å². The van der Waals surface area contributed by atoms with Gasteiger partial charge >= 0.3 is 0 Å². The van der Waals surface area contributed by atoms with E-state index < -0.39 is 0 Å². The summed E-state index contributed by atoms with van der Waals surface area (Å²) < 4.78 is 1.64. The number of carbonyl (C=O) groups excluding carboxylic acids is 1. The van der Waals surface area contributed by atoms with Crippen molar-refractivity contribution in [3.05, 3.63) is 56.5 Å². The summed E-state index contributed by atoms with van der Waals surface area (Å²) >= 11 is 6.79. The van der Waals surface area contributed by atoms with E-state index in [-0.39, 0.29) is 17.4 Å². The fourth-order valence-electron chi connectivity index (χ4n) is 2.66. The van der Waals surface area contributed by atoms with Crippen molar-refractivity contribution in [1.82, 2.24) is 4.98 Å². The molecule has 1 aliphatic rings. The molecule has 0 amide bonds. The molecule has 6 heteroatoms. The van der Waals surface area contributed by atoms with Crippen LogP contribution >= 0.6 is 31.9 Å². The fraction of sp³-hybridized carbons (Fsp3) is 0. The summed E-state index contributed by atoms with van der Waals surface area (Å²) in [5.41, 5.74) is 2.59. The van der Waals surface area contributed by atoms with E-state index in [2.05, 4.69) is 41.8 Å². The molecular weight excluding hydrogens is 412 g/mol. The van der Waals surface area contributed by atoms with E-state index in [0.717, 1.165) is 19.8 Å². The van der Waals surface area contributed by atoms with Crippen molar-refractivity contribution < 1.29 is 9.90 Å². The first kappa shape index (κ1) is 13.7. The average Bonchev–Trinajstić information content (AvgIpc) is 2.98. The number of fused-ring (bicyclic) bond motifs is 2. The van der Waals surface area contributed by atoms with Crippen molar-refractivity contribution in [2.24, 2.45) is 4.99 Å². The molecule has 2 N–H and O–H groups in total. The van der Waals surface area contributed by atoms with Crippen LogP contribution in [0, 0.1) is 0 Å². The highest BCUT2D eigenvalue weighted by atomic mass is 79.9. The zero-order valence-electron chi connectivity index (χ0n) is 11.0. The maximum absolute atomic E-state index is 12.6. The molecule has 0 atom stereocenters. The molecule has 0 aliphatic carbocycles. The van der Waals surface area contributed by atoms with Gasteiger partial charge in [0.05, 0.1) is 22.3 Å². The van der Waals surface area contributed by atoms with E-state index in [9.17, 15) is 9.90 Å². The number of aromatic amines is 1. The number of nitrogens with one attached hydrogen (secondary N) is 1. The van der Waals surface area contributed by atoms with Crippen LogP contribution in [0.5, 0.6) is 5.88 Å². The fourth-order valence-corrected chi connectivity index (χ4v) is 3.49. The monoisotopic (exact) mass is 418 g/mol. The summed E-state index contributed by atoms with van der Waals surface area (Å²) in [5.74, 6) is -0.242. The number of aromatic hydroxyl groups is 1. The van der Waals surface area contributed by atoms with Gasteiger partial charge in [0, 0.05) is 14.3 Å². The van der Waals surface area contributed by atoms with Crippen molar-refractivity contribution in [2.45, 2.75) is 0 Å². The summed E-state index contributed by atoms with van der Waals surface area (Å²) in [7, 11) is 0. The smallest absolute Gasteiger partial charge is 0.214 e. The van der Waals surface area contributed by atoms with Crippen molar-refractivity contribution in [1.29, 1.82) is 0 Å². The minimum atomic E-state index is -0.188. The second-order valence-electron chi connectivity index (χ2n) is 4.96. The molecule has 0 saturated carbocycles. The Morgan fingerprint density at radius 3 is 2.77 bits per heavy atom. The molecule has 2 aromatic carbocycles. The summed E-state index contributed by atoms with van der Waals surface area (Å²) in [4.78, 5) is 19.9. The number of hydrogen-bond acceptors (Lipinski definition) is 3. The lowest BCUT2D eigenvalue weighted by Crippen LogP contribution is -2.10. The molecule has 4 rings (SSSR count). The van der Waals surface area contributed by atoms with Gasteiger partial charge in [0.2, 0.25) is 5.78 Å². The maximum Gasteiger partial charge on any atom is 0.214 e. The standard InChI is InChI=1S/C16H8Br2N2O2/c17-7-4-5-11-9(6-7)15(21)14(19-11)12-8-2-1-3-10(18)13(8)20-16(12)22/h1-6,20,22H. The normalized spacial score (nSPS) is 13.5. The number of Topliss-reactive ketones (excluding diaryl/α,β-unsaturated/α-hetero) is 1. The number of nitrogens with zero attached hydrogens (tertiary/aromatic N) is 1. The van der Waals surface area contributed by atoms with Gasteiger partial charge in [-0.15, -0.1) is 0 Å². The predicted octanol–water partition coefficient (Wildman–Crippen LogP) is 4.72. The van der Waals surface area contributed by atoms with E-state index in [0.29, 0.717) is 16.8 Å². The molecule has 0 saturated heterocycles. The Labute approximate surface area is 142 Å². The first-order valence-electron chi connectivity index (χ1n) is 6.48. The van der Waals surface area contributed by atoms with Crippen LogP contribution in [0.2, 0.25) is 0 Å². The quantitative estimate of drug-likeness (QED) is 0.599. The van der Waals surface area contributed by atoms with Gasteiger partial charge in [-0.25, -0.2) is 4.99 Å². The van der Waals surface area contributed by atoms with Crippen LogP contribution in [0.3, 0.4) is 0 Å². The average molecular weight is 420 g/mol. The minimum Gasteiger partial charge on any atom is -0.494 e. The van der Waals surface area contributed by atoms with Crippen molar-refractivity contribution >= 4 is 59.9 Å². The number of hydrogen-bond donors (Lipinski definition) is 2. The number of carbonyl (C=O) groups is 1. The third kappa shape index (κ3) is 1.87. The van der Waals surface area contributed by atoms with E-state index in [1.807, 2.05) is 24.3 Å². The minimum absolute atomic E-state index is 0.0547. The van der Waals surface area contributed by atoms with Crippen LogP contribution in [-0.2, 0) is 0 Å². The molecule has 3 aromatic rings. The highest BCUT2D eigenvalue weighted by molar-refractivity contribution is 9.11. The van der Waals surface area contributed by atoms with Crippen LogP contribution in [0.1, 0.15) is 15.9 Å². The van der Waals surface area contributed by atoms with E-state index in [1.165, 1.54) is 0 Å². The van der Waals surface area contributed by atoms with Gasteiger partial charge in [0.15, 0.2) is 5.88 Å². The Bertz CT molecular complexity index is 989. The summed E-state index contributed by atoms with van der Waals surface area (Å²) in [6, 6.07) is 10.9. The van der Waals surface area contributed by atoms with Gasteiger partial charge in [-0.1, -0.05) is 28.1 Å². The SMILES string of the molecule is O=C1C(c2c(O)[nH]c3c(Br)cccc23)=Nc2ccc(Br)cc21. The van der Waals surface area contributed by atoms with Gasteiger partial charge < -0.3 is 10.1 Å². The number of benzene rings is 2. The topological polar surface area (TPSA) is 65.4 Å². The highest BCUT2D eigenvalue weighted by Gasteiger charge is 2.30. The molecular formula is C16H8Br2N2O2. The zero-order valence-corrected chi connectivity index (χ0v) is 14.2. The maximum atomic E-state index is 12.6. The molecule has 1 aliphatic heterocycles. The Kier molecular flexibility index (Phi) is 2.99. The summed E-state index contributed by atoms with van der Waals surface area (Å²) in [6.45, 7) is 0. The molecule has 0 fully saturated rings. The number of para-hydroxylation sites is 1. The van der Waals surface area contributed by atoms with Crippen LogP contribution in [0.4, 0.5) is 5.69 Å². The van der Waals surface area contributed by atoms with Crippen molar-refractivity contribution in [3.63, 3.8) is 0 Å². The van der Waals surface area contributed by atoms with Gasteiger partial charge in [-0.05, 0) is 40.2 Å². The first-order valence-corrected chi connectivity index (χ1v) is 8.07. The van der Waals surface area contributed by atoms with E-state index in [1.54, 1.807) is 12.1 Å². The van der Waals surface area contributed by atoms with Gasteiger partial charge in [-0.3, -0.25) is 4.79 Å². The molecule has 2 heterocycles. The summed E-state index contributed by atoms with van der Waals surface area (Å²) in [5, 5.41) is 11.0. The molecule has 0 spiro atoms. The molecule has 108 valence electrons. The Morgan fingerprint density at radius 2 is 1.95 bits per heavy atom. The van der Waals surface area contributed by atoms with E-state index >= 15 is 0 Å². The van der Waals surface area contributed by atoms with Gasteiger partial charge in [0.25, 0.3) is 0 Å². The van der Waals surface area contributed by atoms with Gasteiger partial charge in [-0.2, -0.15) is 0 Å². The molecule has 0 bridgehead atoms. The number of aliphatic imine (C=N–C) groups is 1. The number of aromatic nitrogens is 1. The van der Waals surface area contributed by atoms with Crippen LogP contribution in [-0.4, -0.2) is 21.6 Å².